The topological polar surface area (TPSA) is 73.5 Å². The van der Waals surface area contributed by atoms with Gasteiger partial charge in [0.2, 0.25) is 0 Å². The molecule has 0 radical (unpaired) electrons. The van der Waals surface area contributed by atoms with Gasteiger partial charge in [-0.05, 0) is 30.5 Å². The molecule has 2 aromatic carbocycles. The van der Waals surface area contributed by atoms with Gasteiger partial charge in [-0.3, -0.25) is 9.36 Å². The molecule has 27 heavy (non-hydrogen) atoms. The van der Waals surface area contributed by atoms with Crippen LogP contribution in [0.3, 0.4) is 0 Å². The number of rotatable bonds is 5. The lowest BCUT2D eigenvalue weighted by atomic mass is 10.1. The van der Waals surface area contributed by atoms with Gasteiger partial charge >= 0.3 is 5.76 Å². The van der Waals surface area contributed by atoms with Crippen LogP contribution < -0.4 is 11.1 Å². The Hall–Kier alpha value is -2.86. The first-order valence-electron chi connectivity index (χ1n) is 9.22. The van der Waals surface area contributed by atoms with Gasteiger partial charge in [0.1, 0.15) is 0 Å². The zero-order valence-corrected chi connectivity index (χ0v) is 15.2. The van der Waals surface area contributed by atoms with E-state index in [1.165, 1.54) is 4.57 Å². The number of carbonyl (C=O) groups is 1. The van der Waals surface area contributed by atoms with Crippen LogP contribution in [-0.4, -0.2) is 16.6 Å². The number of aromatic nitrogens is 1. The molecule has 1 fully saturated rings. The SMILES string of the molecule is Cn1c(=O)oc2cc(NC(=O)[C@H](OC3CCCC3)c3ccccc3)ccc21. The van der Waals surface area contributed by atoms with E-state index in [4.69, 9.17) is 9.15 Å². The molecule has 1 aliphatic carbocycles. The van der Waals surface area contributed by atoms with Crippen molar-refractivity contribution < 1.29 is 13.9 Å². The van der Waals surface area contributed by atoms with Crippen LogP contribution in [0.5, 0.6) is 0 Å². The minimum absolute atomic E-state index is 0.107. The van der Waals surface area contributed by atoms with Gasteiger partial charge in [-0.2, -0.15) is 0 Å². The lowest BCUT2D eigenvalue weighted by molar-refractivity contribution is -0.131. The van der Waals surface area contributed by atoms with Crippen LogP contribution in [0.1, 0.15) is 37.4 Å². The van der Waals surface area contributed by atoms with Crippen molar-refractivity contribution in [3.8, 4) is 0 Å². The molecule has 4 rings (SSSR count). The number of aryl methyl sites for hydroxylation is 1. The summed E-state index contributed by atoms with van der Waals surface area (Å²) in [6.07, 6.45) is 3.67. The van der Waals surface area contributed by atoms with Crippen LogP contribution in [0.15, 0.2) is 57.7 Å². The molecular weight excluding hydrogens is 344 g/mol. The van der Waals surface area contributed by atoms with E-state index >= 15 is 0 Å². The van der Waals surface area contributed by atoms with Crippen LogP contribution in [0, 0.1) is 0 Å². The molecule has 3 aromatic rings. The van der Waals surface area contributed by atoms with Gasteiger partial charge in [-0.15, -0.1) is 0 Å². The van der Waals surface area contributed by atoms with Crippen molar-refractivity contribution in [2.75, 3.05) is 5.32 Å². The van der Waals surface area contributed by atoms with Gasteiger partial charge in [0, 0.05) is 18.8 Å². The summed E-state index contributed by atoms with van der Waals surface area (Å²) in [5, 5.41) is 2.90. The van der Waals surface area contributed by atoms with E-state index in [1.807, 2.05) is 30.3 Å². The van der Waals surface area contributed by atoms with Crippen molar-refractivity contribution >= 4 is 22.7 Å². The van der Waals surface area contributed by atoms with Crippen molar-refractivity contribution in [2.45, 2.75) is 37.9 Å². The van der Waals surface area contributed by atoms with Crippen LogP contribution in [0.2, 0.25) is 0 Å². The number of hydrogen-bond donors (Lipinski definition) is 1. The third kappa shape index (κ3) is 3.66. The largest absolute Gasteiger partial charge is 0.419 e. The molecule has 1 aromatic heterocycles. The Kier molecular flexibility index (Phi) is 4.81. The zero-order valence-electron chi connectivity index (χ0n) is 15.2. The Morgan fingerprint density at radius 3 is 2.67 bits per heavy atom. The lowest BCUT2D eigenvalue weighted by Gasteiger charge is -2.22. The fourth-order valence-corrected chi connectivity index (χ4v) is 3.56. The van der Waals surface area contributed by atoms with Gasteiger partial charge < -0.3 is 14.5 Å². The van der Waals surface area contributed by atoms with Crippen molar-refractivity contribution in [1.82, 2.24) is 4.57 Å². The fraction of sp³-hybridized carbons (Fsp3) is 0.333. The van der Waals surface area contributed by atoms with Gasteiger partial charge in [0.05, 0.1) is 11.6 Å². The second-order valence-electron chi connectivity index (χ2n) is 6.93. The summed E-state index contributed by atoms with van der Waals surface area (Å²) in [6.45, 7) is 0. The quantitative estimate of drug-likeness (QED) is 0.746. The predicted octanol–water partition coefficient (Wildman–Crippen LogP) is 3.77. The third-order valence-electron chi connectivity index (χ3n) is 5.03. The normalized spacial score (nSPS) is 15.9. The molecule has 0 bridgehead atoms. The number of nitrogens with one attached hydrogen (secondary N) is 1. The highest BCUT2D eigenvalue weighted by molar-refractivity contribution is 5.96. The third-order valence-corrected chi connectivity index (χ3v) is 5.03. The molecule has 140 valence electrons. The van der Waals surface area contributed by atoms with Gasteiger partial charge in [0.15, 0.2) is 11.7 Å². The molecule has 0 spiro atoms. The summed E-state index contributed by atoms with van der Waals surface area (Å²) in [6, 6.07) is 14.7. The molecule has 6 nitrogen and oxygen atoms in total. The Labute approximate surface area is 156 Å². The van der Waals surface area contributed by atoms with E-state index in [1.54, 1.807) is 25.2 Å². The van der Waals surface area contributed by atoms with E-state index < -0.39 is 11.9 Å². The summed E-state index contributed by atoms with van der Waals surface area (Å²) in [4.78, 5) is 24.6. The highest BCUT2D eigenvalue weighted by Gasteiger charge is 2.27. The first-order chi connectivity index (χ1) is 13.1. The number of ether oxygens (including phenoxy) is 1. The van der Waals surface area contributed by atoms with Gasteiger partial charge in [0.25, 0.3) is 5.91 Å². The molecule has 0 unspecified atom stereocenters. The highest BCUT2D eigenvalue weighted by atomic mass is 16.5. The smallest absolute Gasteiger partial charge is 0.408 e. The Bertz CT molecular complexity index is 1000. The van der Waals surface area contributed by atoms with Crippen LogP contribution in [0.4, 0.5) is 5.69 Å². The minimum Gasteiger partial charge on any atom is -0.408 e. The molecule has 1 saturated carbocycles. The number of fused-ring (bicyclic) bond motifs is 1. The molecule has 1 aliphatic rings. The second-order valence-corrected chi connectivity index (χ2v) is 6.93. The van der Waals surface area contributed by atoms with Crippen LogP contribution >= 0.6 is 0 Å². The number of oxazole rings is 1. The van der Waals surface area contributed by atoms with Gasteiger partial charge in [-0.25, -0.2) is 4.79 Å². The molecular formula is C21H22N2O4. The molecule has 1 atom stereocenters. The molecule has 6 heteroatoms. The maximum atomic E-state index is 13.0. The van der Waals surface area contributed by atoms with E-state index in [0.29, 0.717) is 16.8 Å². The minimum atomic E-state index is -0.673. The molecule has 0 saturated heterocycles. The Morgan fingerprint density at radius 2 is 1.93 bits per heavy atom. The van der Waals surface area contributed by atoms with Crippen molar-refractivity contribution in [3.63, 3.8) is 0 Å². The van der Waals surface area contributed by atoms with Crippen molar-refractivity contribution in [3.05, 3.63) is 64.6 Å². The average Bonchev–Trinajstić information content (AvgIpc) is 3.28. The van der Waals surface area contributed by atoms with E-state index in [-0.39, 0.29) is 12.0 Å². The Morgan fingerprint density at radius 1 is 1.19 bits per heavy atom. The predicted molar refractivity (Wildman–Crippen MR) is 103 cm³/mol. The maximum Gasteiger partial charge on any atom is 0.419 e. The van der Waals surface area contributed by atoms with Crippen LogP contribution in [-0.2, 0) is 16.6 Å². The summed E-state index contributed by atoms with van der Waals surface area (Å²) in [5.41, 5.74) is 2.51. The van der Waals surface area contributed by atoms with E-state index in [2.05, 4.69) is 5.32 Å². The first kappa shape index (κ1) is 17.5. The van der Waals surface area contributed by atoms with Crippen molar-refractivity contribution in [2.24, 2.45) is 7.05 Å². The second kappa shape index (κ2) is 7.40. The fourth-order valence-electron chi connectivity index (χ4n) is 3.56. The van der Waals surface area contributed by atoms with Gasteiger partial charge in [-0.1, -0.05) is 43.2 Å². The van der Waals surface area contributed by atoms with E-state index in [9.17, 15) is 9.59 Å². The number of benzene rings is 2. The molecule has 1 heterocycles. The first-order valence-corrected chi connectivity index (χ1v) is 9.22. The highest BCUT2D eigenvalue weighted by Crippen LogP contribution is 2.29. The maximum absolute atomic E-state index is 13.0. The summed E-state index contributed by atoms with van der Waals surface area (Å²) >= 11 is 0. The van der Waals surface area contributed by atoms with E-state index in [0.717, 1.165) is 31.2 Å². The number of nitrogens with zero attached hydrogens (tertiary/aromatic N) is 1. The zero-order chi connectivity index (χ0) is 18.8. The van der Waals surface area contributed by atoms with Crippen LogP contribution in [0.25, 0.3) is 11.1 Å². The number of carbonyl (C=O) groups excluding carboxylic acids is 1. The molecule has 0 aliphatic heterocycles. The summed E-state index contributed by atoms with van der Waals surface area (Å²) in [7, 11) is 1.65. The molecule has 1 amide bonds. The van der Waals surface area contributed by atoms with Crippen molar-refractivity contribution in [1.29, 1.82) is 0 Å². The standard InChI is InChI=1S/C21H22N2O4/c1-23-17-12-11-15(13-18(17)27-21(23)25)22-20(24)19(14-7-3-2-4-8-14)26-16-9-5-6-10-16/h2-4,7-8,11-13,16,19H,5-6,9-10H2,1H3,(H,22,24)/t19-/m1/s1. The summed E-state index contributed by atoms with van der Waals surface area (Å²) in [5.74, 6) is -0.661. The molecule has 1 N–H and O–H groups in total. The number of anilines is 1. The lowest BCUT2D eigenvalue weighted by Crippen LogP contribution is -2.26. The number of amides is 1. The number of hydrogen-bond acceptors (Lipinski definition) is 4. The monoisotopic (exact) mass is 366 g/mol. The average molecular weight is 366 g/mol. The Balaban J connectivity index is 1.58. The summed E-state index contributed by atoms with van der Waals surface area (Å²) < 4.78 is 12.8.